The van der Waals surface area contributed by atoms with Gasteiger partial charge in [-0.05, 0) is 31.6 Å². The maximum atomic E-state index is 13.1. The quantitative estimate of drug-likeness (QED) is 0.683. The molecule has 2 aliphatic carbocycles. The van der Waals surface area contributed by atoms with Gasteiger partial charge in [0.1, 0.15) is 17.6 Å². The number of hydrogen-bond acceptors (Lipinski definition) is 6. The molecule has 1 aromatic rings. The number of ether oxygens (including phenoxy) is 1. The Labute approximate surface area is 161 Å². The van der Waals surface area contributed by atoms with Crippen molar-refractivity contribution in [1.29, 1.82) is 0 Å². The van der Waals surface area contributed by atoms with Crippen molar-refractivity contribution in [3.8, 4) is 0 Å². The van der Waals surface area contributed by atoms with Crippen LogP contribution in [0.3, 0.4) is 0 Å². The SMILES string of the molecule is CCCn1c(N)c(NC(=O)C2C3CC4OC(=O)C2C4C3)c(=O)n(CCC)c1=O. The molecule has 3 N–H and O–H groups in total. The minimum Gasteiger partial charge on any atom is -0.462 e. The van der Waals surface area contributed by atoms with Gasteiger partial charge in [0.05, 0.1) is 11.8 Å². The van der Waals surface area contributed by atoms with Crippen molar-refractivity contribution < 1.29 is 14.3 Å². The average molecular weight is 390 g/mol. The van der Waals surface area contributed by atoms with Crippen molar-refractivity contribution in [3.63, 3.8) is 0 Å². The van der Waals surface area contributed by atoms with Crippen LogP contribution in [-0.2, 0) is 27.4 Å². The Hall–Kier alpha value is -2.58. The Balaban J connectivity index is 1.70. The van der Waals surface area contributed by atoms with Gasteiger partial charge in [-0.2, -0.15) is 0 Å². The molecular formula is C19H26N4O5. The standard InChI is InChI=1S/C19H26N4O5/c1-3-5-22-15(20)14(17(25)23(6-4-2)19(22)27)21-16(24)12-9-7-10-11(8-9)28-18(26)13(10)12/h9-13H,3-8,20H2,1-2H3,(H,21,24). The molecule has 1 aliphatic heterocycles. The third kappa shape index (κ3) is 2.59. The molecule has 3 aliphatic rings. The number of nitrogens with two attached hydrogens (primary N) is 1. The van der Waals surface area contributed by atoms with Gasteiger partial charge in [0.15, 0.2) is 0 Å². The largest absolute Gasteiger partial charge is 0.462 e. The number of carbonyl (C=O) groups excluding carboxylic acids is 2. The average Bonchev–Trinajstić information content (AvgIpc) is 3.28. The van der Waals surface area contributed by atoms with Crippen molar-refractivity contribution in [2.45, 2.75) is 58.7 Å². The molecule has 9 heteroatoms. The topological polar surface area (TPSA) is 125 Å². The van der Waals surface area contributed by atoms with Gasteiger partial charge in [-0.15, -0.1) is 0 Å². The number of carbonyl (C=O) groups is 2. The second kappa shape index (κ2) is 6.79. The van der Waals surface area contributed by atoms with Crippen molar-refractivity contribution >= 4 is 23.4 Å². The molecule has 1 aromatic heterocycles. The summed E-state index contributed by atoms with van der Waals surface area (Å²) in [6, 6.07) is 0. The monoisotopic (exact) mass is 390 g/mol. The molecule has 5 atom stereocenters. The lowest BCUT2D eigenvalue weighted by Crippen LogP contribution is -2.44. The zero-order valence-electron chi connectivity index (χ0n) is 16.1. The van der Waals surface area contributed by atoms with Gasteiger partial charge in [0.25, 0.3) is 5.56 Å². The van der Waals surface area contributed by atoms with Gasteiger partial charge in [0.2, 0.25) is 5.91 Å². The number of aromatic nitrogens is 2. The lowest BCUT2D eigenvalue weighted by atomic mass is 9.79. The highest BCUT2D eigenvalue weighted by atomic mass is 16.6. The Morgan fingerprint density at radius 3 is 2.50 bits per heavy atom. The summed E-state index contributed by atoms with van der Waals surface area (Å²) in [4.78, 5) is 50.7. The lowest BCUT2D eigenvalue weighted by molar-refractivity contribution is -0.145. The molecule has 3 fully saturated rings. The number of nitrogens with zero attached hydrogens (tertiary/aromatic N) is 2. The number of hydrogen-bond donors (Lipinski definition) is 2. The summed E-state index contributed by atoms with van der Waals surface area (Å²) in [5, 5.41) is 2.67. The maximum absolute atomic E-state index is 13.1. The molecule has 2 heterocycles. The van der Waals surface area contributed by atoms with E-state index in [1.54, 1.807) is 0 Å². The summed E-state index contributed by atoms with van der Waals surface area (Å²) in [5.41, 5.74) is 4.97. The van der Waals surface area contributed by atoms with Crippen LogP contribution >= 0.6 is 0 Å². The summed E-state index contributed by atoms with van der Waals surface area (Å²) in [6.45, 7) is 4.36. The molecule has 5 unspecified atom stereocenters. The van der Waals surface area contributed by atoms with E-state index in [9.17, 15) is 19.2 Å². The highest BCUT2D eigenvalue weighted by Crippen LogP contribution is 2.57. The molecule has 9 nitrogen and oxygen atoms in total. The predicted octanol–water partition coefficient (Wildman–Crippen LogP) is 0.548. The molecule has 4 rings (SSSR count). The second-order valence-corrected chi connectivity index (χ2v) is 8.06. The molecule has 0 aromatic carbocycles. The number of rotatable bonds is 6. The van der Waals surface area contributed by atoms with Crippen LogP contribution in [0.2, 0.25) is 0 Å². The Morgan fingerprint density at radius 2 is 1.82 bits per heavy atom. The van der Waals surface area contributed by atoms with Crippen molar-refractivity contribution in [2.75, 3.05) is 11.1 Å². The molecule has 28 heavy (non-hydrogen) atoms. The zero-order chi connectivity index (χ0) is 20.2. The summed E-state index contributed by atoms with van der Waals surface area (Å²) in [5.74, 6) is -1.52. The Kier molecular flexibility index (Phi) is 4.55. The van der Waals surface area contributed by atoms with Crippen molar-refractivity contribution in [1.82, 2.24) is 9.13 Å². The highest BCUT2D eigenvalue weighted by Gasteiger charge is 2.64. The van der Waals surface area contributed by atoms with Crippen LogP contribution in [0.5, 0.6) is 0 Å². The maximum Gasteiger partial charge on any atom is 0.332 e. The molecule has 0 radical (unpaired) electrons. The van der Waals surface area contributed by atoms with Crippen LogP contribution in [0.4, 0.5) is 11.5 Å². The van der Waals surface area contributed by atoms with E-state index in [1.165, 1.54) is 4.57 Å². The smallest absolute Gasteiger partial charge is 0.332 e. The van der Waals surface area contributed by atoms with Crippen LogP contribution in [0.1, 0.15) is 39.5 Å². The van der Waals surface area contributed by atoms with Crippen LogP contribution in [0, 0.1) is 23.7 Å². The van der Waals surface area contributed by atoms with Crippen molar-refractivity contribution in [3.05, 3.63) is 20.8 Å². The number of amides is 1. The van der Waals surface area contributed by atoms with Crippen LogP contribution in [0.25, 0.3) is 0 Å². The van der Waals surface area contributed by atoms with Crippen molar-refractivity contribution in [2.24, 2.45) is 23.7 Å². The summed E-state index contributed by atoms with van der Waals surface area (Å²) in [6.07, 6.45) is 2.67. The van der Waals surface area contributed by atoms with Gasteiger partial charge >= 0.3 is 11.7 Å². The Bertz CT molecular complexity index is 947. The minimum absolute atomic E-state index is 0.0346. The van der Waals surface area contributed by atoms with Crippen LogP contribution in [0.15, 0.2) is 9.59 Å². The van der Waals surface area contributed by atoms with Gasteiger partial charge in [-0.1, -0.05) is 13.8 Å². The number of nitrogens with one attached hydrogen (secondary N) is 1. The van der Waals surface area contributed by atoms with E-state index in [0.29, 0.717) is 25.8 Å². The van der Waals surface area contributed by atoms with E-state index in [2.05, 4.69) is 5.32 Å². The predicted molar refractivity (Wildman–Crippen MR) is 102 cm³/mol. The second-order valence-electron chi connectivity index (χ2n) is 8.06. The zero-order valence-corrected chi connectivity index (χ0v) is 16.1. The van der Waals surface area contributed by atoms with E-state index in [-0.39, 0.29) is 47.9 Å². The molecule has 0 spiro atoms. The summed E-state index contributed by atoms with van der Waals surface area (Å²) >= 11 is 0. The van der Waals surface area contributed by atoms with Gasteiger partial charge in [0, 0.05) is 19.0 Å². The van der Waals surface area contributed by atoms with E-state index in [0.717, 1.165) is 11.0 Å². The molecule has 1 saturated heterocycles. The number of nitrogen functional groups attached to an aromatic ring is 1. The fourth-order valence-corrected chi connectivity index (χ4v) is 5.26. The Morgan fingerprint density at radius 1 is 1.14 bits per heavy atom. The van der Waals surface area contributed by atoms with Crippen LogP contribution in [-0.4, -0.2) is 27.1 Å². The molecule has 152 valence electrons. The summed E-state index contributed by atoms with van der Waals surface area (Å²) in [7, 11) is 0. The van der Waals surface area contributed by atoms with Gasteiger partial charge in [-0.3, -0.25) is 23.5 Å². The molecule has 1 amide bonds. The third-order valence-corrected chi connectivity index (χ3v) is 6.40. The fraction of sp³-hybridized carbons (Fsp3) is 0.684. The molecule has 2 saturated carbocycles. The first kappa shape index (κ1) is 18.8. The first-order valence-electron chi connectivity index (χ1n) is 10.0. The van der Waals surface area contributed by atoms with E-state index < -0.39 is 23.1 Å². The number of fused-ring (bicyclic) bond motifs is 1. The molecule has 2 bridgehead atoms. The van der Waals surface area contributed by atoms with Gasteiger partial charge in [-0.25, -0.2) is 4.79 Å². The lowest BCUT2D eigenvalue weighted by Gasteiger charge is -2.24. The van der Waals surface area contributed by atoms with E-state index >= 15 is 0 Å². The number of esters is 1. The summed E-state index contributed by atoms with van der Waals surface area (Å²) < 4.78 is 7.82. The van der Waals surface area contributed by atoms with E-state index in [4.69, 9.17) is 10.5 Å². The first-order chi connectivity index (χ1) is 13.4. The highest BCUT2D eigenvalue weighted by molar-refractivity contribution is 5.98. The molecular weight excluding hydrogens is 364 g/mol. The first-order valence-corrected chi connectivity index (χ1v) is 10.0. The van der Waals surface area contributed by atoms with Gasteiger partial charge < -0.3 is 15.8 Å². The fourth-order valence-electron chi connectivity index (χ4n) is 5.26. The third-order valence-electron chi connectivity index (χ3n) is 6.40. The minimum atomic E-state index is -0.597. The van der Waals surface area contributed by atoms with Crippen LogP contribution < -0.4 is 22.3 Å². The van der Waals surface area contributed by atoms with E-state index in [1.807, 2.05) is 13.8 Å². The normalized spacial score (nSPS) is 29.9. The number of anilines is 2.